The zero-order valence-corrected chi connectivity index (χ0v) is 5.77. The van der Waals surface area contributed by atoms with Crippen LogP contribution >= 0.6 is 0 Å². The van der Waals surface area contributed by atoms with E-state index in [1.807, 2.05) is 13.8 Å². The number of carbonyl (C=O) groups excluding carboxylic acids is 1. The second-order valence-electron chi connectivity index (χ2n) is 2.59. The molecule has 0 aliphatic carbocycles. The van der Waals surface area contributed by atoms with Crippen LogP contribution in [0.1, 0.15) is 13.8 Å². The van der Waals surface area contributed by atoms with Crippen LogP contribution in [0, 0.1) is 11.8 Å². The van der Waals surface area contributed by atoms with Crippen molar-refractivity contribution >= 4 is 5.91 Å². The molecule has 0 saturated carbocycles. The molecular weight excluding hydrogens is 114 g/mol. The van der Waals surface area contributed by atoms with Crippen LogP contribution in [0.15, 0.2) is 12.3 Å². The van der Waals surface area contributed by atoms with Crippen molar-refractivity contribution in [1.82, 2.24) is 5.32 Å². The molecule has 0 aromatic heterocycles. The number of rotatable bonds is 0. The Hall–Kier alpha value is -0.790. The quantitative estimate of drug-likeness (QED) is 0.512. The number of amides is 1. The lowest BCUT2D eigenvalue weighted by molar-refractivity contribution is -0.122. The molecule has 0 radical (unpaired) electrons. The molecule has 1 N–H and O–H groups in total. The smallest absolute Gasteiger partial charge is 0.227 e. The molecule has 0 unspecified atom stereocenters. The molecule has 1 saturated heterocycles. The summed E-state index contributed by atoms with van der Waals surface area (Å²) in [6.45, 7) is 7.62. The van der Waals surface area contributed by atoms with Gasteiger partial charge in [0, 0.05) is 17.5 Å². The highest BCUT2D eigenvalue weighted by Gasteiger charge is 2.29. The van der Waals surface area contributed by atoms with Crippen molar-refractivity contribution in [2.75, 3.05) is 0 Å². The van der Waals surface area contributed by atoms with E-state index in [2.05, 4.69) is 11.9 Å². The van der Waals surface area contributed by atoms with E-state index in [1.165, 1.54) is 0 Å². The van der Waals surface area contributed by atoms with Gasteiger partial charge in [-0.2, -0.15) is 0 Å². The molecular formula is C7H11NO. The number of nitrogens with one attached hydrogen (secondary N) is 1. The van der Waals surface area contributed by atoms with E-state index in [0.717, 1.165) is 5.70 Å². The third-order valence-electron chi connectivity index (χ3n) is 2.00. The fourth-order valence-corrected chi connectivity index (χ4v) is 0.915. The zero-order valence-electron chi connectivity index (χ0n) is 5.77. The molecule has 9 heavy (non-hydrogen) atoms. The summed E-state index contributed by atoms with van der Waals surface area (Å²) in [5.41, 5.74) is 0.854. The Morgan fingerprint density at radius 3 is 2.11 bits per heavy atom. The van der Waals surface area contributed by atoms with Gasteiger partial charge in [0.25, 0.3) is 0 Å². The summed E-state index contributed by atoms with van der Waals surface area (Å²) in [5.74, 6) is 0.516. The number of hydrogen-bond donors (Lipinski definition) is 1. The molecule has 2 atom stereocenters. The topological polar surface area (TPSA) is 29.1 Å². The molecule has 0 bridgehead atoms. The summed E-state index contributed by atoms with van der Waals surface area (Å²) in [6, 6.07) is 0. The minimum atomic E-state index is 0.104. The number of allylic oxidation sites excluding steroid dienone is 1. The van der Waals surface area contributed by atoms with Crippen molar-refractivity contribution in [3.8, 4) is 0 Å². The normalized spacial score (nSPS) is 34.9. The Morgan fingerprint density at radius 1 is 1.44 bits per heavy atom. The van der Waals surface area contributed by atoms with Gasteiger partial charge in [-0.15, -0.1) is 0 Å². The molecule has 0 spiro atoms. The van der Waals surface area contributed by atoms with Crippen molar-refractivity contribution < 1.29 is 4.79 Å². The van der Waals surface area contributed by atoms with Gasteiger partial charge in [0.1, 0.15) is 0 Å². The molecule has 0 aromatic carbocycles. The second kappa shape index (κ2) is 1.87. The van der Waals surface area contributed by atoms with E-state index < -0.39 is 0 Å². The lowest BCUT2D eigenvalue weighted by Gasteiger charge is -2.02. The summed E-state index contributed by atoms with van der Waals surface area (Å²) in [4.78, 5) is 10.8. The first-order valence-corrected chi connectivity index (χ1v) is 3.12. The average molecular weight is 125 g/mol. The van der Waals surface area contributed by atoms with Crippen molar-refractivity contribution in [2.24, 2.45) is 11.8 Å². The van der Waals surface area contributed by atoms with Crippen LogP contribution in [0.2, 0.25) is 0 Å². The number of hydrogen-bond acceptors (Lipinski definition) is 1. The van der Waals surface area contributed by atoms with Gasteiger partial charge in [0.15, 0.2) is 0 Å². The Kier molecular flexibility index (Phi) is 1.31. The summed E-state index contributed by atoms with van der Waals surface area (Å²) in [7, 11) is 0. The fraction of sp³-hybridized carbons (Fsp3) is 0.571. The molecule has 2 nitrogen and oxygen atoms in total. The van der Waals surface area contributed by atoms with Gasteiger partial charge >= 0.3 is 0 Å². The predicted molar refractivity (Wildman–Crippen MR) is 35.6 cm³/mol. The Bertz CT molecular complexity index is 144. The molecule has 2 heteroatoms. The zero-order chi connectivity index (χ0) is 7.02. The highest BCUT2D eigenvalue weighted by atomic mass is 16.2. The highest BCUT2D eigenvalue weighted by Crippen LogP contribution is 2.23. The van der Waals surface area contributed by atoms with Gasteiger partial charge in [0.2, 0.25) is 5.91 Å². The molecule has 1 aliphatic heterocycles. The van der Waals surface area contributed by atoms with E-state index in [9.17, 15) is 4.79 Å². The Morgan fingerprint density at radius 2 is 2.00 bits per heavy atom. The summed E-state index contributed by atoms with van der Waals surface area (Å²) >= 11 is 0. The third-order valence-corrected chi connectivity index (χ3v) is 2.00. The van der Waals surface area contributed by atoms with E-state index in [0.29, 0.717) is 5.92 Å². The largest absolute Gasteiger partial charge is 0.330 e. The van der Waals surface area contributed by atoms with Crippen molar-refractivity contribution in [3.05, 3.63) is 12.3 Å². The maximum absolute atomic E-state index is 10.8. The van der Waals surface area contributed by atoms with Crippen molar-refractivity contribution in [2.45, 2.75) is 13.8 Å². The second-order valence-corrected chi connectivity index (χ2v) is 2.59. The van der Waals surface area contributed by atoms with Crippen LogP contribution in [-0.4, -0.2) is 5.91 Å². The van der Waals surface area contributed by atoms with Gasteiger partial charge in [-0.3, -0.25) is 4.79 Å². The first-order chi connectivity index (χ1) is 4.13. The third kappa shape index (κ3) is 0.846. The van der Waals surface area contributed by atoms with E-state index in [1.54, 1.807) is 0 Å². The summed E-state index contributed by atoms with van der Waals surface area (Å²) in [5, 5.41) is 2.68. The number of carbonyl (C=O) groups is 1. The lowest BCUT2D eigenvalue weighted by atomic mass is 9.98. The van der Waals surface area contributed by atoms with Crippen molar-refractivity contribution in [3.63, 3.8) is 0 Å². The minimum Gasteiger partial charge on any atom is -0.330 e. The first kappa shape index (κ1) is 6.33. The summed E-state index contributed by atoms with van der Waals surface area (Å²) < 4.78 is 0. The lowest BCUT2D eigenvalue weighted by Crippen LogP contribution is -2.16. The van der Waals surface area contributed by atoms with Crippen LogP contribution in [0.4, 0.5) is 0 Å². The fourth-order valence-electron chi connectivity index (χ4n) is 0.915. The van der Waals surface area contributed by atoms with E-state index in [4.69, 9.17) is 0 Å². The summed E-state index contributed by atoms with van der Waals surface area (Å²) in [6.07, 6.45) is 0. The van der Waals surface area contributed by atoms with Crippen LogP contribution in [0.3, 0.4) is 0 Å². The average Bonchev–Trinajstić information content (AvgIpc) is 1.98. The maximum Gasteiger partial charge on any atom is 0.227 e. The Labute approximate surface area is 54.9 Å². The van der Waals surface area contributed by atoms with Crippen molar-refractivity contribution in [1.29, 1.82) is 0 Å². The van der Waals surface area contributed by atoms with Crippen LogP contribution in [-0.2, 0) is 4.79 Å². The van der Waals surface area contributed by atoms with Gasteiger partial charge in [-0.05, 0) is 0 Å². The first-order valence-electron chi connectivity index (χ1n) is 3.12. The Balaban J connectivity index is 2.77. The van der Waals surface area contributed by atoms with Crippen LogP contribution < -0.4 is 5.32 Å². The van der Waals surface area contributed by atoms with Gasteiger partial charge in [0.05, 0.1) is 0 Å². The minimum absolute atomic E-state index is 0.104. The molecule has 1 amide bonds. The molecule has 50 valence electrons. The van der Waals surface area contributed by atoms with E-state index in [-0.39, 0.29) is 11.8 Å². The molecule has 0 aromatic rings. The molecule has 1 fully saturated rings. The predicted octanol–water partition coefficient (Wildman–Crippen LogP) is 0.902. The van der Waals surface area contributed by atoms with Gasteiger partial charge in [-0.1, -0.05) is 20.4 Å². The van der Waals surface area contributed by atoms with Gasteiger partial charge in [-0.25, -0.2) is 0 Å². The molecule has 1 aliphatic rings. The van der Waals surface area contributed by atoms with E-state index >= 15 is 0 Å². The molecule has 1 heterocycles. The standard InChI is InChI=1S/C7H11NO/c1-4-5(2)7(9)8-6(4)3/h4-5H,3H2,1-2H3,(H,8,9)/t4-,5-/m1/s1. The van der Waals surface area contributed by atoms with Gasteiger partial charge < -0.3 is 5.32 Å². The SMILES string of the molecule is C=C1NC(=O)[C@H](C)[C@H]1C. The van der Waals surface area contributed by atoms with Crippen LogP contribution in [0.5, 0.6) is 0 Å². The molecule has 1 rings (SSSR count). The highest BCUT2D eigenvalue weighted by molar-refractivity contribution is 5.83. The monoisotopic (exact) mass is 125 g/mol. The van der Waals surface area contributed by atoms with Crippen LogP contribution in [0.25, 0.3) is 0 Å². The maximum atomic E-state index is 10.8.